The van der Waals surface area contributed by atoms with Gasteiger partial charge >= 0.3 is 0 Å². The van der Waals surface area contributed by atoms with Gasteiger partial charge in [-0.2, -0.15) is 0 Å². The molecule has 1 aromatic carbocycles. The Labute approximate surface area is 121 Å². The standard InChI is InChI=1S/C17H24N2O/c1-10(2)18-9-15(20)17-13(5)19(6)14-8-11(3)7-12(4)16(14)17/h7-8,10,18H,9H2,1-6H3. The van der Waals surface area contributed by atoms with Crippen molar-refractivity contribution in [2.24, 2.45) is 7.05 Å². The molecule has 0 spiro atoms. The summed E-state index contributed by atoms with van der Waals surface area (Å²) in [5.41, 5.74) is 5.47. The molecule has 0 radical (unpaired) electrons. The molecule has 0 aliphatic rings. The number of hydrogen-bond donors (Lipinski definition) is 1. The highest BCUT2D eigenvalue weighted by atomic mass is 16.1. The molecule has 3 heteroatoms. The predicted octanol–water partition coefficient (Wildman–Crippen LogP) is 3.28. The first-order chi connectivity index (χ1) is 9.32. The van der Waals surface area contributed by atoms with Crippen LogP contribution < -0.4 is 5.32 Å². The molecule has 1 N–H and O–H groups in total. The van der Waals surface area contributed by atoms with E-state index >= 15 is 0 Å². The number of aromatic nitrogens is 1. The van der Waals surface area contributed by atoms with E-state index < -0.39 is 0 Å². The minimum absolute atomic E-state index is 0.175. The largest absolute Gasteiger partial charge is 0.347 e. The Bertz CT molecular complexity index is 665. The normalized spacial score (nSPS) is 11.6. The smallest absolute Gasteiger partial charge is 0.179 e. The Kier molecular flexibility index (Phi) is 4.00. The van der Waals surface area contributed by atoms with Crippen LogP contribution in [0.2, 0.25) is 0 Å². The van der Waals surface area contributed by atoms with Gasteiger partial charge in [-0.1, -0.05) is 19.9 Å². The number of rotatable bonds is 4. The van der Waals surface area contributed by atoms with E-state index in [-0.39, 0.29) is 5.78 Å². The summed E-state index contributed by atoms with van der Waals surface area (Å²) >= 11 is 0. The molecule has 1 aromatic heterocycles. The summed E-state index contributed by atoms with van der Waals surface area (Å²) in [5.74, 6) is 0.175. The number of benzene rings is 1. The molecule has 2 aromatic rings. The fraction of sp³-hybridized carbons (Fsp3) is 0.471. The number of Topliss-reactive ketones (excluding diaryl/α,β-unsaturated/α-hetero) is 1. The van der Waals surface area contributed by atoms with E-state index in [1.165, 1.54) is 11.1 Å². The molecule has 0 saturated heterocycles. The van der Waals surface area contributed by atoms with E-state index in [0.717, 1.165) is 22.2 Å². The van der Waals surface area contributed by atoms with Gasteiger partial charge in [-0.15, -0.1) is 0 Å². The summed E-state index contributed by atoms with van der Waals surface area (Å²) in [6, 6.07) is 4.62. The summed E-state index contributed by atoms with van der Waals surface area (Å²) in [4.78, 5) is 12.6. The van der Waals surface area contributed by atoms with Gasteiger partial charge < -0.3 is 9.88 Å². The third kappa shape index (κ3) is 2.50. The second kappa shape index (κ2) is 5.41. The maximum atomic E-state index is 12.6. The lowest BCUT2D eigenvalue weighted by atomic mass is 10.0. The van der Waals surface area contributed by atoms with Crippen LogP contribution in [0.3, 0.4) is 0 Å². The Morgan fingerprint density at radius 3 is 2.50 bits per heavy atom. The van der Waals surface area contributed by atoms with Crippen LogP contribution in [-0.2, 0) is 7.05 Å². The molecule has 0 amide bonds. The molecule has 1 heterocycles. The van der Waals surface area contributed by atoms with Gasteiger partial charge in [-0.25, -0.2) is 0 Å². The van der Waals surface area contributed by atoms with Crippen molar-refractivity contribution in [3.05, 3.63) is 34.5 Å². The zero-order valence-corrected chi connectivity index (χ0v) is 13.3. The minimum Gasteiger partial charge on any atom is -0.347 e. The van der Waals surface area contributed by atoms with Crippen LogP contribution >= 0.6 is 0 Å². The topological polar surface area (TPSA) is 34.0 Å². The van der Waals surface area contributed by atoms with Crippen molar-refractivity contribution in [2.75, 3.05) is 6.54 Å². The second-order valence-corrected chi connectivity index (χ2v) is 5.95. The number of ketones is 1. The fourth-order valence-corrected chi connectivity index (χ4v) is 2.79. The van der Waals surface area contributed by atoms with Gasteiger partial charge in [0.25, 0.3) is 0 Å². The first-order valence-electron chi connectivity index (χ1n) is 7.15. The lowest BCUT2D eigenvalue weighted by Crippen LogP contribution is -2.29. The monoisotopic (exact) mass is 272 g/mol. The molecule has 0 atom stereocenters. The van der Waals surface area contributed by atoms with Gasteiger partial charge in [0.2, 0.25) is 0 Å². The number of nitrogens with one attached hydrogen (secondary N) is 1. The maximum Gasteiger partial charge on any atom is 0.179 e. The van der Waals surface area contributed by atoms with E-state index in [0.29, 0.717) is 12.6 Å². The van der Waals surface area contributed by atoms with Crippen LogP contribution in [0.4, 0.5) is 0 Å². The number of carbonyl (C=O) groups is 1. The summed E-state index contributed by atoms with van der Waals surface area (Å²) in [6.45, 7) is 10.7. The zero-order valence-electron chi connectivity index (χ0n) is 13.3. The van der Waals surface area contributed by atoms with Crippen molar-refractivity contribution in [3.8, 4) is 0 Å². The van der Waals surface area contributed by atoms with E-state index in [2.05, 4.69) is 49.7 Å². The number of aryl methyl sites for hydroxylation is 3. The van der Waals surface area contributed by atoms with Crippen LogP contribution in [0.15, 0.2) is 12.1 Å². The Balaban J connectivity index is 2.58. The SMILES string of the molecule is Cc1cc(C)c2c(C(=O)CNC(C)C)c(C)n(C)c2c1. The van der Waals surface area contributed by atoms with Crippen molar-refractivity contribution in [3.63, 3.8) is 0 Å². The van der Waals surface area contributed by atoms with Crippen molar-refractivity contribution in [1.82, 2.24) is 9.88 Å². The van der Waals surface area contributed by atoms with Gasteiger partial charge in [0.05, 0.1) is 6.54 Å². The second-order valence-electron chi connectivity index (χ2n) is 5.95. The summed E-state index contributed by atoms with van der Waals surface area (Å²) < 4.78 is 2.12. The van der Waals surface area contributed by atoms with Gasteiger partial charge in [-0.05, 0) is 38.0 Å². The third-order valence-electron chi connectivity index (χ3n) is 3.89. The Hall–Kier alpha value is -1.61. The zero-order chi connectivity index (χ0) is 15.0. The Morgan fingerprint density at radius 2 is 1.90 bits per heavy atom. The van der Waals surface area contributed by atoms with Crippen LogP contribution in [-0.4, -0.2) is 22.9 Å². The molecule has 2 rings (SSSR count). The van der Waals surface area contributed by atoms with Crippen LogP contribution in [0.25, 0.3) is 10.9 Å². The van der Waals surface area contributed by atoms with Crippen LogP contribution in [0.5, 0.6) is 0 Å². The number of nitrogens with zero attached hydrogens (tertiary/aromatic N) is 1. The summed E-state index contributed by atoms with van der Waals surface area (Å²) in [5, 5.41) is 4.32. The molecular weight excluding hydrogens is 248 g/mol. The lowest BCUT2D eigenvalue weighted by molar-refractivity contribution is 0.0989. The van der Waals surface area contributed by atoms with Gasteiger partial charge in [0.1, 0.15) is 0 Å². The first kappa shape index (κ1) is 14.8. The summed E-state index contributed by atoms with van der Waals surface area (Å²) in [6.07, 6.45) is 0. The molecule has 0 aliphatic heterocycles. The minimum atomic E-state index is 0.175. The highest BCUT2D eigenvalue weighted by Crippen LogP contribution is 2.29. The van der Waals surface area contributed by atoms with Crippen LogP contribution in [0, 0.1) is 20.8 Å². The van der Waals surface area contributed by atoms with Gasteiger partial charge in [0.15, 0.2) is 5.78 Å². The molecule has 20 heavy (non-hydrogen) atoms. The van der Waals surface area contributed by atoms with E-state index in [4.69, 9.17) is 0 Å². The Morgan fingerprint density at radius 1 is 1.25 bits per heavy atom. The van der Waals surface area contributed by atoms with Crippen molar-refractivity contribution >= 4 is 16.7 Å². The third-order valence-corrected chi connectivity index (χ3v) is 3.89. The predicted molar refractivity (Wildman–Crippen MR) is 84.6 cm³/mol. The molecule has 108 valence electrons. The maximum absolute atomic E-state index is 12.6. The lowest BCUT2D eigenvalue weighted by Gasteiger charge is -2.08. The van der Waals surface area contributed by atoms with Gasteiger partial charge in [0, 0.05) is 35.2 Å². The molecule has 0 bridgehead atoms. The molecule has 0 aliphatic carbocycles. The highest BCUT2D eigenvalue weighted by molar-refractivity contribution is 6.11. The number of hydrogen-bond acceptors (Lipinski definition) is 2. The van der Waals surface area contributed by atoms with Gasteiger partial charge in [-0.3, -0.25) is 4.79 Å². The molecule has 0 unspecified atom stereocenters. The number of carbonyl (C=O) groups excluding carboxylic acids is 1. The fourth-order valence-electron chi connectivity index (χ4n) is 2.79. The highest BCUT2D eigenvalue weighted by Gasteiger charge is 2.20. The van der Waals surface area contributed by atoms with Crippen molar-refractivity contribution in [2.45, 2.75) is 40.7 Å². The van der Waals surface area contributed by atoms with Crippen molar-refractivity contribution < 1.29 is 4.79 Å². The average Bonchev–Trinajstić information content (AvgIpc) is 2.60. The van der Waals surface area contributed by atoms with Crippen LogP contribution in [0.1, 0.15) is 41.0 Å². The molecular formula is C17H24N2O. The van der Waals surface area contributed by atoms with E-state index in [1.54, 1.807) is 0 Å². The summed E-state index contributed by atoms with van der Waals surface area (Å²) in [7, 11) is 2.03. The molecule has 0 fully saturated rings. The quantitative estimate of drug-likeness (QED) is 0.867. The molecule has 3 nitrogen and oxygen atoms in total. The average molecular weight is 272 g/mol. The van der Waals surface area contributed by atoms with Crippen molar-refractivity contribution in [1.29, 1.82) is 0 Å². The number of fused-ring (bicyclic) bond motifs is 1. The molecule has 0 saturated carbocycles. The first-order valence-corrected chi connectivity index (χ1v) is 7.15. The van der Waals surface area contributed by atoms with E-state index in [1.807, 2.05) is 14.0 Å². The van der Waals surface area contributed by atoms with E-state index in [9.17, 15) is 4.79 Å².